The van der Waals surface area contributed by atoms with Gasteiger partial charge in [0, 0.05) is 24.4 Å². The lowest BCUT2D eigenvalue weighted by Crippen LogP contribution is -2.05. The van der Waals surface area contributed by atoms with Crippen LogP contribution in [0.2, 0.25) is 0 Å². The Kier molecular flexibility index (Phi) is 5.32. The lowest BCUT2D eigenvalue weighted by atomic mass is 10.3. The predicted octanol–water partition coefficient (Wildman–Crippen LogP) is 4.04. The summed E-state index contributed by atoms with van der Waals surface area (Å²) < 4.78 is 26.4. The molecule has 21 heavy (non-hydrogen) atoms. The van der Waals surface area contributed by atoms with Crippen molar-refractivity contribution in [3.05, 3.63) is 35.9 Å². The number of hydrogen-bond acceptors (Lipinski definition) is 5. The summed E-state index contributed by atoms with van der Waals surface area (Å²) in [6, 6.07) is 4.96. The fraction of sp³-hybridized carbons (Fsp3) is 0.286. The van der Waals surface area contributed by atoms with Gasteiger partial charge in [0.15, 0.2) is 5.16 Å². The summed E-state index contributed by atoms with van der Waals surface area (Å²) in [7, 11) is 0. The Bertz CT molecular complexity index is 602. The number of thioether (sulfide) groups is 1. The van der Waals surface area contributed by atoms with E-state index in [1.807, 2.05) is 6.26 Å². The van der Waals surface area contributed by atoms with Crippen LogP contribution in [-0.2, 0) is 0 Å². The van der Waals surface area contributed by atoms with E-state index < -0.39 is 11.6 Å². The van der Waals surface area contributed by atoms with E-state index >= 15 is 0 Å². The zero-order valence-corrected chi connectivity index (χ0v) is 12.6. The van der Waals surface area contributed by atoms with Gasteiger partial charge in [0.2, 0.25) is 0 Å². The number of anilines is 3. The van der Waals surface area contributed by atoms with Gasteiger partial charge in [-0.05, 0) is 24.8 Å². The second-order valence-corrected chi connectivity index (χ2v) is 5.11. The van der Waals surface area contributed by atoms with E-state index in [-0.39, 0.29) is 0 Å². The van der Waals surface area contributed by atoms with Gasteiger partial charge in [-0.1, -0.05) is 18.7 Å². The third kappa shape index (κ3) is 4.56. The normalized spacial score (nSPS) is 10.5. The molecule has 0 bridgehead atoms. The Balaban J connectivity index is 2.25. The Hall–Kier alpha value is -1.89. The molecule has 1 aromatic heterocycles. The minimum Gasteiger partial charge on any atom is -0.370 e. The van der Waals surface area contributed by atoms with E-state index in [0.717, 1.165) is 19.0 Å². The molecule has 0 spiro atoms. The first-order chi connectivity index (χ1) is 10.1. The average Bonchev–Trinajstić information content (AvgIpc) is 2.43. The van der Waals surface area contributed by atoms with Crippen molar-refractivity contribution in [1.82, 2.24) is 9.97 Å². The topological polar surface area (TPSA) is 49.8 Å². The lowest BCUT2D eigenvalue weighted by Gasteiger charge is -2.10. The van der Waals surface area contributed by atoms with Crippen LogP contribution < -0.4 is 10.6 Å². The first-order valence-corrected chi connectivity index (χ1v) is 7.73. The van der Waals surface area contributed by atoms with Gasteiger partial charge in [-0.15, -0.1) is 0 Å². The summed E-state index contributed by atoms with van der Waals surface area (Å²) in [6.07, 6.45) is 2.83. The standard InChI is InChI=1S/C14H16F2N4S/c1-3-4-17-12-8-13(20-14(19-12)21-2)18-11-6-9(15)5-10(16)7-11/h5-8H,3-4H2,1-2H3,(H2,17,18,19,20). The highest BCUT2D eigenvalue weighted by atomic mass is 32.2. The highest BCUT2D eigenvalue weighted by Crippen LogP contribution is 2.22. The number of halogens is 2. The molecule has 0 saturated heterocycles. The van der Waals surface area contributed by atoms with E-state index in [1.165, 1.54) is 23.9 Å². The fourth-order valence-electron chi connectivity index (χ4n) is 1.70. The van der Waals surface area contributed by atoms with Crippen molar-refractivity contribution in [3.63, 3.8) is 0 Å². The largest absolute Gasteiger partial charge is 0.370 e. The van der Waals surface area contributed by atoms with Crippen molar-refractivity contribution in [1.29, 1.82) is 0 Å². The molecule has 7 heteroatoms. The Labute approximate surface area is 126 Å². The van der Waals surface area contributed by atoms with Gasteiger partial charge >= 0.3 is 0 Å². The molecule has 2 rings (SSSR count). The van der Waals surface area contributed by atoms with Crippen molar-refractivity contribution >= 4 is 29.1 Å². The van der Waals surface area contributed by atoms with Gasteiger partial charge in [-0.25, -0.2) is 18.7 Å². The van der Waals surface area contributed by atoms with Gasteiger partial charge in [0.1, 0.15) is 23.3 Å². The highest BCUT2D eigenvalue weighted by molar-refractivity contribution is 7.98. The molecule has 0 radical (unpaired) electrons. The maximum Gasteiger partial charge on any atom is 0.191 e. The van der Waals surface area contributed by atoms with Crippen LogP contribution in [0, 0.1) is 11.6 Å². The molecule has 0 unspecified atom stereocenters. The summed E-state index contributed by atoms with van der Waals surface area (Å²) in [6.45, 7) is 2.84. The van der Waals surface area contributed by atoms with Gasteiger partial charge in [-0.2, -0.15) is 0 Å². The van der Waals surface area contributed by atoms with Crippen LogP contribution in [0.15, 0.2) is 29.4 Å². The molecular weight excluding hydrogens is 294 g/mol. The van der Waals surface area contributed by atoms with E-state index in [4.69, 9.17) is 0 Å². The first kappa shape index (κ1) is 15.5. The smallest absolute Gasteiger partial charge is 0.191 e. The molecule has 2 aromatic rings. The molecule has 112 valence electrons. The average molecular weight is 310 g/mol. The van der Waals surface area contributed by atoms with Gasteiger partial charge < -0.3 is 10.6 Å². The molecule has 0 amide bonds. The van der Waals surface area contributed by atoms with E-state index in [1.54, 1.807) is 6.07 Å². The molecule has 0 atom stereocenters. The van der Waals surface area contributed by atoms with E-state index in [0.29, 0.717) is 22.5 Å². The molecule has 4 nitrogen and oxygen atoms in total. The fourth-order valence-corrected chi connectivity index (χ4v) is 2.08. The molecule has 1 aromatic carbocycles. The Morgan fingerprint density at radius 3 is 2.33 bits per heavy atom. The monoisotopic (exact) mass is 310 g/mol. The second-order valence-electron chi connectivity index (χ2n) is 4.34. The van der Waals surface area contributed by atoms with E-state index in [9.17, 15) is 8.78 Å². The Morgan fingerprint density at radius 2 is 1.71 bits per heavy atom. The van der Waals surface area contributed by atoms with Crippen molar-refractivity contribution in [3.8, 4) is 0 Å². The number of benzene rings is 1. The van der Waals surface area contributed by atoms with Crippen LogP contribution in [-0.4, -0.2) is 22.8 Å². The number of nitrogens with zero attached hydrogens (tertiary/aromatic N) is 2. The zero-order chi connectivity index (χ0) is 15.2. The third-order valence-corrected chi connectivity index (χ3v) is 3.13. The number of rotatable bonds is 6. The van der Waals surface area contributed by atoms with Crippen LogP contribution in [0.5, 0.6) is 0 Å². The molecule has 2 N–H and O–H groups in total. The molecule has 1 heterocycles. The molecular formula is C14H16F2N4S. The van der Waals surface area contributed by atoms with Crippen molar-refractivity contribution in [2.24, 2.45) is 0 Å². The minimum absolute atomic E-state index is 0.305. The van der Waals surface area contributed by atoms with Crippen LogP contribution in [0.4, 0.5) is 26.1 Å². The summed E-state index contributed by atoms with van der Waals surface area (Å²) in [4.78, 5) is 8.59. The lowest BCUT2D eigenvalue weighted by molar-refractivity contribution is 0.584. The summed E-state index contributed by atoms with van der Waals surface area (Å²) >= 11 is 1.40. The minimum atomic E-state index is -0.638. The molecule has 0 fully saturated rings. The van der Waals surface area contributed by atoms with Gasteiger partial charge in [0.25, 0.3) is 0 Å². The van der Waals surface area contributed by atoms with Crippen molar-refractivity contribution in [2.75, 3.05) is 23.4 Å². The van der Waals surface area contributed by atoms with Crippen LogP contribution in [0.25, 0.3) is 0 Å². The molecule has 0 saturated carbocycles. The summed E-state index contributed by atoms with van der Waals surface area (Å²) in [5.41, 5.74) is 0.305. The molecule has 0 aliphatic rings. The van der Waals surface area contributed by atoms with Crippen LogP contribution >= 0.6 is 11.8 Å². The Morgan fingerprint density at radius 1 is 1.05 bits per heavy atom. The number of hydrogen-bond donors (Lipinski definition) is 2. The van der Waals surface area contributed by atoms with Crippen LogP contribution in [0.1, 0.15) is 13.3 Å². The SMILES string of the molecule is CCCNc1cc(Nc2cc(F)cc(F)c2)nc(SC)n1. The number of aromatic nitrogens is 2. The third-order valence-electron chi connectivity index (χ3n) is 2.58. The molecule has 0 aliphatic carbocycles. The van der Waals surface area contributed by atoms with E-state index in [2.05, 4.69) is 27.5 Å². The predicted molar refractivity (Wildman–Crippen MR) is 82.2 cm³/mol. The molecule has 0 aliphatic heterocycles. The quantitative estimate of drug-likeness (QED) is 0.623. The summed E-state index contributed by atoms with van der Waals surface area (Å²) in [5, 5.41) is 6.64. The van der Waals surface area contributed by atoms with Gasteiger partial charge in [0.05, 0.1) is 0 Å². The van der Waals surface area contributed by atoms with Crippen molar-refractivity contribution in [2.45, 2.75) is 18.5 Å². The van der Waals surface area contributed by atoms with Gasteiger partial charge in [-0.3, -0.25) is 0 Å². The second kappa shape index (κ2) is 7.21. The van der Waals surface area contributed by atoms with Crippen molar-refractivity contribution < 1.29 is 8.78 Å². The maximum absolute atomic E-state index is 13.2. The summed E-state index contributed by atoms with van der Waals surface area (Å²) in [5.74, 6) is -0.115. The number of nitrogens with one attached hydrogen (secondary N) is 2. The van der Waals surface area contributed by atoms with Crippen LogP contribution in [0.3, 0.4) is 0 Å². The highest BCUT2D eigenvalue weighted by Gasteiger charge is 2.06. The zero-order valence-electron chi connectivity index (χ0n) is 11.8. The first-order valence-electron chi connectivity index (χ1n) is 6.50. The maximum atomic E-state index is 13.2.